The first-order chi connectivity index (χ1) is 9.40. The third-order valence-electron chi connectivity index (χ3n) is 3.05. The van der Waals surface area contributed by atoms with Gasteiger partial charge in [-0.05, 0) is 31.9 Å². The Kier molecular flexibility index (Phi) is 3.85. The van der Waals surface area contributed by atoms with Crippen LogP contribution in [0.15, 0.2) is 18.3 Å². The van der Waals surface area contributed by atoms with Crippen molar-refractivity contribution in [2.75, 3.05) is 5.32 Å². The number of aromatic amines is 1. The molecule has 0 atom stereocenters. The fraction of sp³-hybridized carbons (Fsp3) is 0.214. The summed E-state index contributed by atoms with van der Waals surface area (Å²) in [6, 6.07) is 3.95. The highest BCUT2D eigenvalue weighted by Crippen LogP contribution is 2.19. The van der Waals surface area contributed by atoms with Gasteiger partial charge in [-0.25, -0.2) is 0 Å². The fourth-order valence-corrected chi connectivity index (χ4v) is 2.44. The molecule has 2 rings (SSSR count). The number of amides is 1. The molecule has 0 aliphatic heterocycles. The summed E-state index contributed by atoms with van der Waals surface area (Å²) in [6.07, 6.45) is 1.49. The van der Waals surface area contributed by atoms with Gasteiger partial charge < -0.3 is 11.1 Å². The van der Waals surface area contributed by atoms with E-state index in [-0.39, 0.29) is 10.9 Å². The Hall–Kier alpha value is -2.21. The number of hydrogen-bond donors (Lipinski definition) is 3. The molecule has 0 saturated carbocycles. The van der Waals surface area contributed by atoms with E-state index in [0.29, 0.717) is 16.9 Å². The number of thiocarbonyl (C=S) groups is 1. The standard InChI is InChI=1S/C14H16N4OS/c1-7-4-8(2)11(9(3)5-7)14(19)17-13-10(12(15)20)6-16-18-13/h4-6H,1-3H3,(H2,15,20)(H2,16,17,18,19). The predicted molar refractivity (Wildman–Crippen MR) is 83.1 cm³/mol. The Morgan fingerprint density at radius 2 is 1.90 bits per heavy atom. The average Bonchev–Trinajstić information content (AvgIpc) is 2.75. The van der Waals surface area contributed by atoms with Gasteiger partial charge in [-0.15, -0.1) is 0 Å². The van der Waals surface area contributed by atoms with Crippen molar-refractivity contribution in [3.8, 4) is 0 Å². The van der Waals surface area contributed by atoms with E-state index in [1.807, 2.05) is 32.9 Å². The summed E-state index contributed by atoms with van der Waals surface area (Å²) in [4.78, 5) is 12.6. The van der Waals surface area contributed by atoms with Gasteiger partial charge in [-0.2, -0.15) is 5.10 Å². The topological polar surface area (TPSA) is 83.8 Å². The van der Waals surface area contributed by atoms with Crippen LogP contribution in [0.25, 0.3) is 0 Å². The van der Waals surface area contributed by atoms with Gasteiger partial charge in [0.2, 0.25) is 0 Å². The Morgan fingerprint density at radius 3 is 2.45 bits per heavy atom. The molecule has 0 radical (unpaired) electrons. The lowest BCUT2D eigenvalue weighted by molar-refractivity contribution is 0.102. The molecule has 1 heterocycles. The molecule has 2 aromatic rings. The number of hydrogen-bond acceptors (Lipinski definition) is 3. The smallest absolute Gasteiger partial charge is 0.257 e. The molecular formula is C14H16N4OS. The molecule has 0 bridgehead atoms. The van der Waals surface area contributed by atoms with Gasteiger partial charge in [-0.1, -0.05) is 29.9 Å². The minimum atomic E-state index is -0.207. The second-order valence-electron chi connectivity index (χ2n) is 4.75. The van der Waals surface area contributed by atoms with E-state index in [9.17, 15) is 4.79 Å². The summed E-state index contributed by atoms with van der Waals surface area (Å²) in [7, 11) is 0. The van der Waals surface area contributed by atoms with Crippen molar-refractivity contribution in [1.82, 2.24) is 10.2 Å². The van der Waals surface area contributed by atoms with Crippen LogP contribution in [0.5, 0.6) is 0 Å². The van der Waals surface area contributed by atoms with Crippen LogP contribution in [-0.2, 0) is 0 Å². The van der Waals surface area contributed by atoms with Gasteiger partial charge in [0.25, 0.3) is 5.91 Å². The molecule has 0 fully saturated rings. The average molecular weight is 288 g/mol. The van der Waals surface area contributed by atoms with E-state index >= 15 is 0 Å². The Bertz CT molecular complexity index is 667. The molecule has 1 aromatic carbocycles. The molecule has 1 amide bonds. The number of benzene rings is 1. The summed E-state index contributed by atoms with van der Waals surface area (Å²) in [5, 5.41) is 9.30. The van der Waals surface area contributed by atoms with Gasteiger partial charge in [0.05, 0.1) is 11.8 Å². The molecule has 104 valence electrons. The summed E-state index contributed by atoms with van der Waals surface area (Å²) >= 11 is 4.91. The number of nitrogens with two attached hydrogens (primary N) is 1. The molecule has 0 spiro atoms. The van der Waals surface area contributed by atoms with E-state index in [1.165, 1.54) is 6.20 Å². The Labute approximate surface area is 122 Å². The Balaban J connectivity index is 2.34. The first-order valence-corrected chi connectivity index (χ1v) is 6.53. The van der Waals surface area contributed by atoms with Crippen molar-refractivity contribution >= 4 is 28.9 Å². The third-order valence-corrected chi connectivity index (χ3v) is 3.27. The molecule has 20 heavy (non-hydrogen) atoms. The quantitative estimate of drug-likeness (QED) is 0.756. The van der Waals surface area contributed by atoms with Crippen LogP contribution in [0.4, 0.5) is 5.82 Å². The molecule has 0 aliphatic carbocycles. The zero-order valence-corrected chi connectivity index (χ0v) is 12.4. The molecule has 0 saturated heterocycles. The maximum atomic E-state index is 12.4. The number of nitrogens with one attached hydrogen (secondary N) is 2. The number of rotatable bonds is 3. The van der Waals surface area contributed by atoms with Crippen LogP contribution in [0.3, 0.4) is 0 Å². The minimum absolute atomic E-state index is 0.186. The predicted octanol–water partition coefficient (Wildman–Crippen LogP) is 2.22. The van der Waals surface area contributed by atoms with Crippen molar-refractivity contribution in [3.05, 3.63) is 46.1 Å². The Morgan fingerprint density at radius 1 is 1.30 bits per heavy atom. The van der Waals surface area contributed by atoms with E-state index in [4.69, 9.17) is 18.0 Å². The third kappa shape index (κ3) is 2.70. The highest BCUT2D eigenvalue weighted by atomic mass is 32.1. The van der Waals surface area contributed by atoms with E-state index in [0.717, 1.165) is 16.7 Å². The minimum Gasteiger partial charge on any atom is -0.389 e. The number of aromatic nitrogens is 2. The van der Waals surface area contributed by atoms with E-state index < -0.39 is 0 Å². The van der Waals surface area contributed by atoms with Gasteiger partial charge >= 0.3 is 0 Å². The summed E-state index contributed by atoms with van der Waals surface area (Å²) in [6.45, 7) is 5.83. The number of H-pyrrole nitrogens is 1. The molecular weight excluding hydrogens is 272 g/mol. The van der Waals surface area contributed by atoms with Crippen molar-refractivity contribution in [3.63, 3.8) is 0 Å². The largest absolute Gasteiger partial charge is 0.389 e. The monoisotopic (exact) mass is 288 g/mol. The van der Waals surface area contributed by atoms with Crippen LogP contribution in [0.1, 0.15) is 32.6 Å². The maximum absolute atomic E-state index is 12.4. The van der Waals surface area contributed by atoms with Gasteiger partial charge in [0.1, 0.15) is 10.8 Å². The summed E-state index contributed by atoms with van der Waals surface area (Å²) in [5.41, 5.74) is 9.73. The maximum Gasteiger partial charge on any atom is 0.257 e. The van der Waals surface area contributed by atoms with Crippen molar-refractivity contribution in [2.45, 2.75) is 20.8 Å². The lowest BCUT2D eigenvalue weighted by Crippen LogP contribution is -2.18. The number of carbonyl (C=O) groups excluding carboxylic acids is 1. The second-order valence-corrected chi connectivity index (χ2v) is 5.19. The van der Waals surface area contributed by atoms with Crippen LogP contribution >= 0.6 is 12.2 Å². The summed E-state index contributed by atoms with van der Waals surface area (Å²) in [5.74, 6) is 0.212. The number of anilines is 1. The molecule has 0 unspecified atom stereocenters. The molecule has 1 aromatic heterocycles. The van der Waals surface area contributed by atoms with Gasteiger partial charge in [0, 0.05) is 5.56 Å². The first-order valence-electron chi connectivity index (χ1n) is 6.12. The van der Waals surface area contributed by atoms with Gasteiger partial charge in [0.15, 0.2) is 0 Å². The van der Waals surface area contributed by atoms with Crippen LogP contribution < -0.4 is 11.1 Å². The molecule has 0 aliphatic rings. The lowest BCUT2D eigenvalue weighted by atomic mass is 9.99. The lowest BCUT2D eigenvalue weighted by Gasteiger charge is -2.11. The van der Waals surface area contributed by atoms with Crippen molar-refractivity contribution < 1.29 is 4.79 Å². The van der Waals surface area contributed by atoms with Crippen LogP contribution in [-0.4, -0.2) is 21.1 Å². The molecule has 4 N–H and O–H groups in total. The highest BCUT2D eigenvalue weighted by Gasteiger charge is 2.16. The van der Waals surface area contributed by atoms with Crippen molar-refractivity contribution in [2.24, 2.45) is 5.73 Å². The van der Waals surface area contributed by atoms with Gasteiger partial charge in [-0.3, -0.25) is 9.89 Å². The molecule has 6 heteroatoms. The number of carbonyl (C=O) groups is 1. The molecule has 5 nitrogen and oxygen atoms in total. The fourth-order valence-electron chi connectivity index (χ4n) is 2.28. The van der Waals surface area contributed by atoms with Crippen molar-refractivity contribution in [1.29, 1.82) is 0 Å². The van der Waals surface area contributed by atoms with Crippen LogP contribution in [0, 0.1) is 20.8 Å². The number of aryl methyl sites for hydroxylation is 3. The highest BCUT2D eigenvalue weighted by molar-refractivity contribution is 7.80. The zero-order valence-electron chi connectivity index (χ0n) is 11.6. The van der Waals surface area contributed by atoms with E-state index in [2.05, 4.69) is 15.5 Å². The van der Waals surface area contributed by atoms with Crippen LogP contribution in [0.2, 0.25) is 0 Å². The van der Waals surface area contributed by atoms with E-state index in [1.54, 1.807) is 0 Å². The first kappa shape index (κ1) is 14.2. The SMILES string of the molecule is Cc1cc(C)c(C(=O)Nc2[nH]ncc2C(N)=S)c(C)c1. The zero-order chi connectivity index (χ0) is 14.9. The number of nitrogens with zero attached hydrogens (tertiary/aromatic N) is 1. The normalized spacial score (nSPS) is 10.3. The summed E-state index contributed by atoms with van der Waals surface area (Å²) < 4.78 is 0. The second kappa shape index (κ2) is 5.42.